The Morgan fingerprint density at radius 2 is 1.93 bits per heavy atom. The van der Waals surface area contributed by atoms with Gasteiger partial charge < -0.3 is 10.1 Å². The molecule has 2 amide bonds. The van der Waals surface area contributed by atoms with Crippen LogP contribution in [-0.4, -0.2) is 23.6 Å². The highest BCUT2D eigenvalue weighted by molar-refractivity contribution is 5.77. The normalized spacial score (nSPS) is 12.9. The second-order valence-electron chi connectivity index (χ2n) is 4.32. The number of ether oxygens (including phenoxy) is 1. The first kappa shape index (κ1) is 13.7. The van der Waals surface area contributed by atoms with Crippen LogP contribution >= 0.6 is 0 Å². The highest BCUT2D eigenvalue weighted by Gasteiger charge is 2.18. The lowest BCUT2D eigenvalue weighted by atomic mass is 10.2. The van der Waals surface area contributed by atoms with Gasteiger partial charge in [0, 0.05) is 12.5 Å². The van der Waals surface area contributed by atoms with Gasteiger partial charge in [0.15, 0.2) is 0 Å². The van der Waals surface area contributed by atoms with E-state index in [1.165, 1.54) is 0 Å². The van der Waals surface area contributed by atoms with Crippen molar-refractivity contribution in [2.45, 2.75) is 45.8 Å². The van der Waals surface area contributed by atoms with Crippen LogP contribution in [0.25, 0.3) is 0 Å². The molecule has 0 heterocycles. The number of amides is 2. The summed E-state index contributed by atoms with van der Waals surface area (Å²) < 4.78 is 5.01. The number of carbonyl (C=O) groups is 2. The molecule has 0 aromatic rings. The van der Waals surface area contributed by atoms with E-state index in [-0.39, 0.29) is 18.4 Å². The second-order valence-corrected chi connectivity index (χ2v) is 4.32. The van der Waals surface area contributed by atoms with E-state index in [0.29, 0.717) is 0 Å². The van der Waals surface area contributed by atoms with E-state index in [0.717, 1.165) is 0 Å². The molecule has 1 atom stereocenters. The second kappa shape index (κ2) is 5.55. The van der Waals surface area contributed by atoms with Crippen LogP contribution < -0.4 is 16.6 Å². The Hall–Kier alpha value is -1.30. The van der Waals surface area contributed by atoms with E-state index in [1.807, 2.05) is 5.43 Å². The lowest BCUT2D eigenvalue weighted by molar-refractivity contribution is -0.121. The van der Waals surface area contributed by atoms with Gasteiger partial charge in [0.05, 0.1) is 0 Å². The molecule has 0 aliphatic carbocycles. The van der Waals surface area contributed by atoms with Crippen LogP contribution in [-0.2, 0) is 9.53 Å². The standard InChI is InChI=1S/C9H19N3O3/c1-6(5-7(13)12-10)11-8(14)15-9(2,3)4/h6H,5,10H2,1-4H3,(H,11,14)(H,12,13). The van der Waals surface area contributed by atoms with E-state index in [2.05, 4.69) is 5.32 Å². The maximum absolute atomic E-state index is 11.2. The van der Waals surface area contributed by atoms with Crippen molar-refractivity contribution >= 4 is 12.0 Å². The quantitative estimate of drug-likeness (QED) is 0.359. The zero-order valence-electron chi connectivity index (χ0n) is 9.59. The molecule has 0 aromatic carbocycles. The molecule has 15 heavy (non-hydrogen) atoms. The predicted octanol–water partition coefficient (Wildman–Crippen LogP) is 0.280. The molecule has 0 aromatic heterocycles. The number of nitrogens with two attached hydrogens (primary N) is 1. The Morgan fingerprint density at radius 3 is 2.33 bits per heavy atom. The topological polar surface area (TPSA) is 93.5 Å². The van der Waals surface area contributed by atoms with E-state index in [4.69, 9.17) is 10.6 Å². The van der Waals surface area contributed by atoms with Crippen LogP contribution in [0.4, 0.5) is 4.79 Å². The number of carbonyl (C=O) groups excluding carboxylic acids is 2. The Kier molecular flexibility index (Phi) is 5.07. The maximum Gasteiger partial charge on any atom is 0.407 e. The third-order valence-corrected chi connectivity index (χ3v) is 1.42. The van der Waals surface area contributed by atoms with Gasteiger partial charge in [-0.2, -0.15) is 0 Å². The maximum atomic E-state index is 11.2. The summed E-state index contributed by atoms with van der Waals surface area (Å²) >= 11 is 0. The molecule has 0 rings (SSSR count). The lowest BCUT2D eigenvalue weighted by Crippen LogP contribution is -2.41. The molecule has 6 nitrogen and oxygen atoms in total. The highest BCUT2D eigenvalue weighted by atomic mass is 16.6. The molecule has 0 saturated heterocycles. The summed E-state index contributed by atoms with van der Waals surface area (Å²) in [5, 5.41) is 2.52. The van der Waals surface area contributed by atoms with E-state index in [1.54, 1.807) is 27.7 Å². The zero-order chi connectivity index (χ0) is 12.1. The van der Waals surface area contributed by atoms with Crippen LogP contribution in [0.5, 0.6) is 0 Å². The Labute approximate surface area is 89.5 Å². The molecule has 0 radical (unpaired) electrons. The number of hydrogen-bond acceptors (Lipinski definition) is 4. The fraction of sp³-hybridized carbons (Fsp3) is 0.778. The van der Waals surface area contributed by atoms with Crippen molar-refractivity contribution in [2.24, 2.45) is 5.84 Å². The van der Waals surface area contributed by atoms with E-state index in [9.17, 15) is 9.59 Å². The molecule has 0 aliphatic heterocycles. The van der Waals surface area contributed by atoms with Crippen molar-refractivity contribution in [2.75, 3.05) is 0 Å². The minimum atomic E-state index is -0.542. The average Bonchev–Trinajstić information content (AvgIpc) is 1.99. The number of hydrazine groups is 1. The predicted molar refractivity (Wildman–Crippen MR) is 55.8 cm³/mol. The summed E-state index contributed by atoms with van der Waals surface area (Å²) in [6.07, 6.45) is -0.421. The molecule has 0 fully saturated rings. The Morgan fingerprint density at radius 1 is 1.40 bits per heavy atom. The SMILES string of the molecule is CC(CC(=O)NN)NC(=O)OC(C)(C)C. The molecular formula is C9H19N3O3. The fourth-order valence-corrected chi connectivity index (χ4v) is 0.897. The summed E-state index contributed by atoms with van der Waals surface area (Å²) in [6, 6.07) is -0.316. The summed E-state index contributed by atoms with van der Waals surface area (Å²) in [7, 11) is 0. The molecule has 1 unspecified atom stereocenters. The summed E-state index contributed by atoms with van der Waals surface area (Å²) in [5.74, 6) is 4.57. The van der Waals surface area contributed by atoms with Gasteiger partial charge in [-0.25, -0.2) is 10.6 Å². The van der Waals surface area contributed by atoms with Gasteiger partial charge in [-0.1, -0.05) is 0 Å². The van der Waals surface area contributed by atoms with Crippen molar-refractivity contribution in [3.63, 3.8) is 0 Å². The smallest absolute Gasteiger partial charge is 0.407 e. The van der Waals surface area contributed by atoms with Crippen molar-refractivity contribution < 1.29 is 14.3 Å². The summed E-state index contributed by atoms with van der Waals surface area (Å²) in [4.78, 5) is 22.1. The third kappa shape index (κ3) is 7.75. The van der Waals surface area contributed by atoms with Gasteiger partial charge in [0.1, 0.15) is 5.60 Å². The minimum Gasteiger partial charge on any atom is -0.444 e. The number of hydrogen-bond donors (Lipinski definition) is 3. The van der Waals surface area contributed by atoms with Crippen LogP contribution in [0.15, 0.2) is 0 Å². The van der Waals surface area contributed by atoms with Crippen molar-refractivity contribution in [3.05, 3.63) is 0 Å². The van der Waals surface area contributed by atoms with Crippen molar-refractivity contribution in [3.8, 4) is 0 Å². The molecule has 4 N–H and O–H groups in total. The number of rotatable bonds is 3. The summed E-state index contributed by atoms with van der Waals surface area (Å²) in [5.41, 5.74) is 1.44. The lowest BCUT2D eigenvalue weighted by Gasteiger charge is -2.21. The molecular weight excluding hydrogens is 198 g/mol. The Bertz CT molecular complexity index is 235. The van der Waals surface area contributed by atoms with Crippen molar-refractivity contribution in [1.29, 1.82) is 0 Å². The van der Waals surface area contributed by atoms with E-state index < -0.39 is 11.7 Å². The first-order valence-corrected chi connectivity index (χ1v) is 4.73. The zero-order valence-corrected chi connectivity index (χ0v) is 9.59. The molecule has 0 saturated carbocycles. The molecule has 0 spiro atoms. The third-order valence-electron chi connectivity index (χ3n) is 1.42. The molecule has 0 aliphatic rings. The van der Waals surface area contributed by atoms with Gasteiger partial charge in [0.25, 0.3) is 0 Å². The molecule has 6 heteroatoms. The minimum absolute atomic E-state index is 0.121. The number of nitrogens with one attached hydrogen (secondary N) is 2. The van der Waals surface area contributed by atoms with Gasteiger partial charge in [0.2, 0.25) is 5.91 Å². The average molecular weight is 217 g/mol. The molecule has 0 bridgehead atoms. The van der Waals surface area contributed by atoms with Crippen LogP contribution in [0.1, 0.15) is 34.1 Å². The molecule has 88 valence electrons. The van der Waals surface area contributed by atoms with Gasteiger partial charge in [-0.05, 0) is 27.7 Å². The van der Waals surface area contributed by atoms with Gasteiger partial charge >= 0.3 is 6.09 Å². The van der Waals surface area contributed by atoms with Crippen LogP contribution in [0.3, 0.4) is 0 Å². The van der Waals surface area contributed by atoms with E-state index >= 15 is 0 Å². The first-order chi connectivity index (χ1) is 6.74. The fourth-order valence-electron chi connectivity index (χ4n) is 0.897. The summed E-state index contributed by atoms with van der Waals surface area (Å²) in [6.45, 7) is 7.00. The van der Waals surface area contributed by atoms with Crippen LogP contribution in [0.2, 0.25) is 0 Å². The number of alkyl carbamates (subject to hydrolysis) is 1. The first-order valence-electron chi connectivity index (χ1n) is 4.73. The van der Waals surface area contributed by atoms with Crippen LogP contribution in [0, 0.1) is 0 Å². The highest BCUT2D eigenvalue weighted by Crippen LogP contribution is 2.06. The monoisotopic (exact) mass is 217 g/mol. The van der Waals surface area contributed by atoms with Gasteiger partial charge in [-0.3, -0.25) is 10.2 Å². The largest absolute Gasteiger partial charge is 0.444 e. The van der Waals surface area contributed by atoms with Gasteiger partial charge in [-0.15, -0.1) is 0 Å². The van der Waals surface area contributed by atoms with Crippen molar-refractivity contribution in [1.82, 2.24) is 10.7 Å². The Balaban J connectivity index is 3.92.